The topological polar surface area (TPSA) is 18.5 Å². The lowest BCUT2D eigenvalue weighted by atomic mass is 10.2. The summed E-state index contributed by atoms with van der Waals surface area (Å²) in [5, 5.41) is 2.77. The van der Waals surface area contributed by atoms with Crippen LogP contribution in [0.3, 0.4) is 0 Å². The fourth-order valence-corrected chi connectivity index (χ4v) is 12.0. The maximum atomic E-state index is 6.98. The van der Waals surface area contributed by atoms with Gasteiger partial charge in [-0.1, -0.05) is 102 Å². The van der Waals surface area contributed by atoms with Crippen molar-refractivity contribution in [3.05, 3.63) is 60.7 Å². The van der Waals surface area contributed by atoms with Crippen LogP contribution < -0.4 is 10.4 Å². The molecule has 0 aliphatic heterocycles. The van der Waals surface area contributed by atoms with Gasteiger partial charge in [-0.3, -0.25) is 0 Å². The van der Waals surface area contributed by atoms with Crippen LogP contribution in [0.2, 0.25) is 23.2 Å². The van der Waals surface area contributed by atoms with Crippen LogP contribution >= 0.6 is 0 Å². The monoisotopic (exact) mass is 456 g/mol. The van der Waals surface area contributed by atoms with Crippen LogP contribution in [0.1, 0.15) is 60.8 Å². The second kappa shape index (κ2) is 12.1. The van der Waals surface area contributed by atoms with E-state index in [1.54, 1.807) is 0 Å². The molecule has 0 spiro atoms. The summed E-state index contributed by atoms with van der Waals surface area (Å²) >= 11 is 0. The van der Waals surface area contributed by atoms with Crippen molar-refractivity contribution < 1.29 is 8.85 Å². The average molecular weight is 457 g/mol. The van der Waals surface area contributed by atoms with Crippen molar-refractivity contribution in [2.75, 3.05) is 13.2 Å². The molecule has 0 bridgehead atoms. The minimum absolute atomic E-state index is 0.0490. The largest absolute Gasteiger partial charge is 0.417 e. The molecule has 0 atom stereocenters. The number of unbranched alkanes of at least 4 members (excludes halogenated alkanes) is 2. The van der Waals surface area contributed by atoms with Crippen molar-refractivity contribution >= 4 is 27.0 Å². The van der Waals surface area contributed by atoms with Gasteiger partial charge in [0, 0.05) is 13.2 Å². The molecule has 4 heteroatoms. The molecular weight excluding hydrogens is 412 g/mol. The van der Waals surface area contributed by atoms with Gasteiger partial charge in [0.2, 0.25) is 0 Å². The Morgan fingerprint density at radius 1 is 0.613 bits per heavy atom. The minimum Gasteiger partial charge on any atom is -0.417 e. The molecule has 0 radical (unpaired) electrons. The Labute approximate surface area is 193 Å². The summed E-state index contributed by atoms with van der Waals surface area (Å²) in [5.41, 5.74) is 0. The van der Waals surface area contributed by atoms with Gasteiger partial charge in [0.05, 0.1) is 0 Å². The molecule has 0 unspecified atom stereocenters. The fraction of sp³-hybridized carbons (Fsp3) is 0.556. The van der Waals surface area contributed by atoms with Crippen molar-refractivity contribution in [1.82, 2.24) is 0 Å². The highest BCUT2D eigenvalue weighted by Gasteiger charge is 2.49. The average Bonchev–Trinajstić information content (AvgIpc) is 2.79. The Kier molecular flexibility index (Phi) is 10.2. The molecule has 2 aromatic carbocycles. The summed E-state index contributed by atoms with van der Waals surface area (Å²) in [6, 6.07) is 25.6. The molecule has 172 valence electrons. The normalized spacial score (nSPS) is 12.8. The van der Waals surface area contributed by atoms with Crippen LogP contribution in [0, 0.1) is 0 Å². The predicted octanol–water partition coefficient (Wildman–Crippen LogP) is 6.76. The lowest BCUT2D eigenvalue weighted by Gasteiger charge is -2.43. The maximum Gasteiger partial charge on any atom is 0.261 e. The van der Waals surface area contributed by atoms with Crippen LogP contribution in [0.25, 0.3) is 0 Å². The first-order chi connectivity index (χ1) is 14.8. The summed E-state index contributed by atoms with van der Waals surface area (Å²) in [7, 11) is -3.84. The molecule has 0 fully saturated rings. The fourth-order valence-electron chi connectivity index (χ4n) is 4.71. The summed E-state index contributed by atoms with van der Waals surface area (Å²) in [5.74, 6) is 0. The second-order valence-corrected chi connectivity index (χ2v) is 18.7. The van der Waals surface area contributed by atoms with Gasteiger partial charge < -0.3 is 8.85 Å². The molecule has 31 heavy (non-hydrogen) atoms. The summed E-state index contributed by atoms with van der Waals surface area (Å²) in [4.78, 5) is 0. The smallest absolute Gasteiger partial charge is 0.261 e. The molecule has 0 amide bonds. The van der Waals surface area contributed by atoms with E-state index >= 15 is 0 Å². The summed E-state index contributed by atoms with van der Waals surface area (Å²) in [6.07, 6.45) is 3.39. The van der Waals surface area contributed by atoms with Gasteiger partial charge in [0.25, 0.3) is 8.32 Å². The summed E-state index contributed by atoms with van der Waals surface area (Å²) in [6.45, 7) is 15.7. The Morgan fingerprint density at radius 3 is 1.42 bits per heavy atom. The number of rotatable bonds is 13. The zero-order chi connectivity index (χ0) is 22.8. The van der Waals surface area contributed by atoms with E-state index in [0.29, 0.717) is 0 Å². The van der Waals surface area contributed by atoms with E-state index < -0.39 is 16.6 Å². The van der Waals surface area contributed by atoms with Crippen LogP contribution in [0.5, 0.6) is 0 Å². The highest BCUT2D eigenvalue weighted by atomic mass is 28.4. The van der Waals surface area contributed by atoms with Gasteiger partial charge in [-0.2, -0.15) is 0 Å². The first-order valence-corrected chi connectivity index (χ1v) is 16.7. The Hall–Kier alpha value is -1.21. The SMILES string of the molecule is CC[Si](CC)(CC)OCCCCCO[Si](c1ccccc1)(c1ccccc1)C(C)(C)C. The molecular formula is C27H44O2Si2. The van der Waals surface area contributed by atoms with Crippen LogP contribution in [-0.2, 0) is 8.85 Å². The lowest BCUT2D eigenvalue weighted by Crippen LogP contribution is -2.66. The van der Waals surface area contributed by atoms with Gasteiger partial charge in [-0.25, -0.2) is 0 Å². The predicted molar refractivity (Wildman–Crippen MR) is 141 cm³/mol. The minimum atomic E-state index is -2.39. The van der Waals surface area contributed by atoms with Gasteiger partial charge in [-0.15, -0.1) is 0 Å². The van der Waals surface area contributed by atoms with Crippen molar-refractivity contribution in [2.45, 2.75) is 84.0 Å². The molecule has 0 saturated carbocycles. The first kappa shape index (κ1) is 26.0. The highest BCUT2D eigenvalue weighted by Crippen LogP contribution is 2.36. The van der Waals surface area contributed by atoms with Crippen molar-refractivity contribution in [2.24, 2.45) is 0 Å². The van der Waals surface area contributed by atoms with E-state index in [2.05, 4.69) is 102 Å². The van der Waals surface area contributed by atoms with Crippen LogP contribution in [0.15, 0.2) is 60.7 Å². The highest BCUT2D eigenvalue weighted by molar-refractivity contribution is 6.99. The number of hydrogen-bond donors (Lipinski definition) is 0. The van der Waals surface area contributed by atoms with Gasteiger partial charge in [0.15, 0.2) is 8.32 Å². The zero-order valence-electron chi connectivity index (χ0n) is 20.7. The Balaban J connectivity index is 2.05. The second-order valence-electron chi connectivity index (χ2n) is 9.66. The number of benzene rings is 2. The standard InChI is InChI=1S/C27H44O2Si2/c1-7-30(8-2,9-3)28-23-17-12-18-24-29-31(27(4,5)6,25-19-13-10-14-20-25)26-21-15-11-16-22-26/h10-11,13-16,19-22H,7-9,12,17-18,23-24H2,1-6H3. The van der Waals surface area contributed by atoms with Crippen molar-refractivity contribution in [1.29, 1.82) is 0 Å². The van der Waals surface area contributed by atoms with Crippen molar-refractivity contribution in [3.8, 4) is 0 Å². The lowest BCUT2D eigenvalue weighted by molar-refractivity contribution is 0.263. The Morgan fingerprint density at radius 2 is 1.03 bits per heavy atom. The Bertz CT molecular complexity index is 689. The molecule has 2 rings (SSSR count). The quantitative estimate of drug-likeness (QED) is 0.245. The van der Waals surface area contributed by atoms with E-state index in [9.17, 15) is 0 Å². The van der Waals surface area contributed by atoms with E-state index in [1.807, 2.05) is 0 Å². The van der Waals surface area contributed by atoms with Crippen LogP contribution in [0.4, 0.5) is 0 Å². The molecule has 0 aliphatic rings. The molecule has 0 N–H and O–H groups in total. The first-order valence-electron chi connectivity index (χ1n) is 12.2. The molecule has 0 aliphatic carbocycles. The maximum absolute atomic E-state index is 6.98. The van der Waals surface area contributed by atoms with Crippen LogP contribution in [-0.4, -0.2) is 29.8 Å². The molecule has 2 aromatic rings. The summed E-state index contributed by atoms with van der Waals surface area (Å²) < 4.78 is 13.4. The molecule has 0 heterocycles. The van der Waals surface area contributed by atoms with E-state index in [4.69, 9.17) is 8.85 Å². The third-order valence-corrected chi connectivity index (χ3v) is 16.6. The third-order valence-electron chi connectivity index (χ3n) is 6.87. The van der Waals surface area contributed by atoms with E-state index in [1.165, 1.54) is 34.9 Å². The zero-order valence-corrected chi connectivity index (χ0v) is 22.7. The van der Waals surface area contributed by atoms with Gasteiger partial charge >= 0.3 is 0 Å². The van der Waals surface area contributed by atoms with Crippen molar-refractivity contribution in [3.63, 3.8) is 0 Å². The number of hydrogen-bond acceptors (Lipinski definition) is 2. The third kappa shape index (κ3) is 6.41. The van der Waals surface area contributed by atoms with E-state index in [0.717, 1.165) is 26.1 Å². The molecule has 2 nitrogen and oxygen atoms in total. The van der Waals surface area contributed by atoms with E-state index in [-0.39, 0.29) is 5.04 Å². The van der Waals surface area contributed by atoms with Gasteiger partial charge in [-0.05, 0) is 52.8 Å². The molecule has 0 aromatic heterocycles. The molecule has 0 saturated heterocycles. The van der Waals surface area contributed by atoms with Gasteiger partial charge in [0.1, 0.15) is 0 Å².